The van der Waals surface area contributed by atoms with E-state index in [1.807, 2.05) is 87.0 Å². The Labute approximate surface area is 252 Å². The maximum Gasteiger partial charge on any atom is 0.342 e. The Morgan fingerprint density at radius 3 is 2.56 bits per heavy atom. The van der Waals surface area contributed by atoms with E-state index in [1.165, 1.54) is 12.3 Å². The maximum atomic E-state index is 13.3. The Balaban J connectivity index is 0.00000423. The molecule has 0 bridgehead atoms. The highest BCUT2D eigenvalue weighted by Crippen LogP contribution is 2.36. The van der Waals surface area contributed by atoms with Gasteiger partial charge in [-0.3, -0.25) is 15.0 Å². The SMILES string of the molecule is C.Cc1cc(N(C)CCN(C)C)c([N+](=O)[O-])cc1Nc1ncc(C(=O)OC2CN(C)C2)c(-c2cn(C)c3ccccc23)n1. The zero-order valence-corrected chi connectivity index (χ0v) is 24.8. The number of aryl methyl sites for hydroxylation is 2. The van der Waals surface area contributed by atoms with E-state index in [2.05, 4.69) is 15.2 Å². The van der Waals surface area contributed by atoms with Crippen molar-refractivity contribution in [3.63, 3.8) is 0 Å². The second-order valence-electron chi connectivity index (χ2n) is 11.1. The van der Waals surface area contributed by atoms with Gasteiger partial charge in [-0.2, -0.15) is 0 Å². The Bertz CT molecular complexity index is 1640. The molecule has 5 rings (SSSR count). The van der Waals surface area contributed by atoms with Gasteiger partial charge in [-0.25, -0.2) is 14.8 Å². The van der Waals surface area contributed by atoms with Gasteiger partial charge in [0.25, 0.3) is 5.69 Å². The maximum absolute atomic E-state index is 13.3. The molecule has 0 saturated carbocycles. The molecular weight excluding hydrogens is 548 g/mol. The Kier molecular flexibility index (Phi) is 9.31. The zero-order chi connectivity index (χ0) is 30.1. The van der Waals surface area contributed by atoms with Crippen molar-refractivity contribution in [1.29, 1.82) is 0 Å². The molecule has 1 saturated heterocycles. The number of fused-ring (bicyclic) bond motifs is 1. The van der Waals surface area contributed by atoms with E-state index < -0.39 is 5.97 Å². The fourth-order valence-electron chi connectivity index (χ4n) is 5.12. The van der Waals surface area contributed by atoms with E-state index in [-0.39, 0.29) is 35.7 Å². The van der Waals surface area contributed by atoms with Gasteiger partial charge in [0.2, 0.25) is 5.95 Å². The van der Waals surface area contributed by atoms with Crippen molar-refractivity contribution in [3.8, 4) is 11.3 Å². The van der Waals surface area contributed by atoms with Crippen LogP contribution < -0.4 is 10.2 Å². The van der Waals surface area contributed by atoms with Crippen LogP contribution in [0.3, 0.4) is 0 Å². The van der Waals surface area contributed by atoms with E-state index in [4.69, 9.17) is 9.72 Å². The van der Waals surface area contributed by atoms with E-state index in [0.717, 1.165) is 28.6 Å². The number of likely N-dealkylation sites (tertiary alicyclic amines) is 1. The number of nitro benzene ring substituents is 1. The zero-order valence-electron chi connectivity index (χ0n) is 24.8. The summed E-state index contributed by atoms with van der Waals surface area (Å²) in [6, 6.07) is 11.2. The molecule has 4 aromatic rings. The highest BCUT2D eigenvalue weighted by Gasteiger charge is 2.30. The third kappa shape index (κ3) is 6.60. The number of aromatic nitrogens is 3. The molecule has 3 heterocycles. The van der Waals surface area contributed by atoms with Gasteiger partial charge in [-0.15, -0.1) is 0 Å². The number of benzene rings is 2. The van der Waals surface area contributed by atoms with E-state index in [0.29, 0.717) is 36.7 Å². The lowest BCUT2D eigenvalue weighted by molar-refractivity contribution is -0.384. The molecule has 2 aromatic heterocycles. The number of nitrogens with zero attached hydrogens (tertiary/aromatic N) is 7. The third-order valence-electron chi connectivity index (χ3n) is 7.52. The number of rotatable bonds is 10. The number of hydrogen-bond donors (Lipinski definition) is 1. The van der Waals surface area contributed by atoms with Gasteiger partial charge in [-0.1, -0.05) is 25.6 Å². The van der Waals surface area contributed by atoms with Crippen LogP contribution in [0.2, 0.25) is 0 Å². The van der Waals surface area contributed by atoms with Gasteiger partial charge in [0.1, 0.15) is 17.4 Å². The number of para-hydroxylation sites is 1. The Hall–Kier alpha value is -4.55. The van der Waals surface area contributed by atoms with Crippen molar-refractivity contribution in [1.82, 2.24) is 24.3 Å². The summed E-state index contributed by atoms with van der Waals surface area (Å²) in [6.07, 6.45) is 3.21. The molecule has 1 aliphatic heterocycles. The summed E-state index contributed by atoms with van der Waals surface area (Å²) >= 11 is 0. The first kappa shape index (κ1) is 31.4. The molecule has 0 unspecified atom stereocenters. The predicted octanol–water partition coefficient (Wildman–Crippen LogP) is 4.70. The Morgan fingerprint density at radius 1 is 1.16 bits per heavy atom. The summed E-state index contributed by atoms with van der Waals surface area (Å²) in [4.78, 5) is 40.2. The molecule has 12 heteroatoms. The molecule has 0 spiro atoms. The van der Waals surface area contributed by atoms with Crippen LogP contribution in [0.25, 0.3) is 22.2 Å². The van der Waals surface area contributed by atoms with Crippen LogP contribution in [0.1, 0.15) is 23.3 Å². The molecule has 2 aromatic carbocycles. The van der Waals surface area contributed by atoms with Crippen LogP contribution in [0.5, 0.6) is 0 Å². The van der Waals surface area contributed by atoms with Gasteiger partial charge in [0, 0.05) is 75.2 Å². The fourth-order valence-corrected chi connectivity index (χ4v) is 5.12. The summed E-state index contributed by atoms with van der Waals surface area (Å²) in [6.45, 7) is 4.61. The predicted molar refractivity (Wildman–Crippen MR) is 170 cm³/mol. The number of esters is 1. The molecule has 43 heavy (non-hydrogen) atoms. The largest absolute Gasteiger partial charge is 0.456 e. The van der Waals surface area contributed by atoms with Gasteiger partial charge in [0.15, 0.2) is 0 Å². The van der Waals surface area contributed by atoms with Crippen molar-refractivity contribution >= 4 is 39.9 Å². The number of nitro groups is 1. The molecule has 0 radical (unpaired) electrons. The third-order valence-corrected chi connectivity index (χ3v) is 7.52. The smallest absolute Gasteiger partial charge is 0.342 e. The van der Waals surface area contributed by atoms with Gasteiger partial charge in [0.05, 0.1) is 16.3 Å². The number of carbonyl (C=O) groups is 1. The molecule has 228 valence electrons. The van der Waals surface area contributed by atoms with Crippen LogP contribution >= 0.6 is 0 Å². The average molecular weight is 589 g/mol. The number of likely N-dealkylation sites (N-methyl/N-ethyl adjacent to an activating group) is 3. The van der Waals surface area contributed by atoms with Crippen molar-refractivity contribution in [2.45, 2.75) is 20.5 Å². The van der Waals surface area contributed by atoms with Crippen molar-refractivity contribution < 1.29 is 14.5 Å². The molecule has 0 aliphatic carbocycles. The molecule has 0 amide bonds. The lowest BCUT2D eigenvalue weighted by atomic mass is 10.1. The first-order valence-corrected chi connectivity index (χ1v) is 13.7. The lowest BCUT2D eigenvalue weighted by Gasteiger charge is -2.35. The fraction of sp³-hybridized carbons (Fsp3) is 0.387. The number of hydrogen-bond acceptors (Lipinski definition) is 10. The van der Waals surface area contributed by atoms with Crippen molar-refractivity contribution in [2.75, 3.05) is 64.6 Å². The van der Waals surface area contributed by atoms with Gasteiger partial charge in [-0.05, 0) is 45.8 Å². The minimum Gasteiger partial charge on any atom is -0.456 e. The standard InChI is InChI=1S/C30H36N8O4.CH4/c1-19-13-26(36(5)12-11-34(2)3)27(38(40)41)14-24(19)32-30-31-15-22(29(39)42-20-16-35(4)17-20)28(33-30)23-18-37(6)25-10-8-7-9-21(23)25;/h7-10,13-15,18,20H,11-12,16-17H2,1-6H3,(H,31,32,33);1H4. The first-order chi connectivity index (χ1) is 20.0. The quantitative estimate of drug-likeness (QED) is 0.158. The molecular formula is C31H40N8O4. The van der Waals surface area contributed by atoms with Gasteiger partial charge >= 0.3 is 5.97 Å². The normalized spacial score (nSPS) is 13.5. The van der Waals surface area contributed by atoms with Crippen LogP contribution in [0.4, 0.5) is 23.0 Å². The van der Waals surface area contributed by atoms with Crippen molar-refractivity contribution in [3.05, 3.63) is 70.0 Å². The summed E-state index contributed by atoms with van der Waals surface area (Å²) in [7, 11) is 9.68. The summed E-state index contributed by atoms with van der Waals surface area (Å²) in [5.41, 5.74) is 4.23. The van der Waals surface area contributed by atoms with Crippen LogP contribution in [0, 0.1) is 17.0 Å². The average Bonchev–Trinajstić information content (AvgIpc) is 3.27. The molecule has 1 aliphatic rings. The lowest BCUT2D eigenvalue weighted by Crippen LogP contribution is -2.50. The second kappa shape index (κ2) is 12.8. The first-order valence-electron chi connectivity index (χ1n) is 13.7. The summed E-state index contributed by atoms with van der Waals surface area (Å²) in [5, 5.41) is 16.2. The van der Waals surface area contributed by atoms with Crippen LogP contribution in [-0.4, -0.2) is 95.7 Å². The topological polar surface area (TPSA) is 122 Å². The minimum absolute atomic E-state index is 0. The number of carbonyl (C=O) groups excluding carboxylic acids is 1. The molecule has 1 N–H and O–H groups in total. The second-order valence-corrected chi connectivity index (χ2v) is 11.1. The molecule has 12 nitrogen and oxygen atoms in total. The highest BCUT2D eigenvalue weighted by molar-refractivity contribution is 6.03. The minimum atomic E-state index is -0.487. The Morgan fingerprint density at radius 2 is 1.88 bits per heavy atom. The summed E-state index contributed by atoms with van der Waals surface area (Å²) < 4.78 is 7.72. The van der Waals surface area contributed by atoms with E-state index in [9.17, 15) is 14.9 Å². The van der Waals surface area contributed by atoms with Crippen LogP contribution in [-0.2, 0) is 11.8 Å². The number of anilines is 3. The molecule has 0 atom stereocenters. The van der Waals surface area contributed by atoms with Crippen molar-refractivity contribution in [2.24, 2.45) is 7.05 Å². The monoisotopic (exact) mass is 588 g/mol. The highest BCUT2D eigenvalue weighted by atomic mass is 16.6. The molecule has 1 fully saturated rings. The summed E-state index contributed by atoms with van der Waals surface area (Å²) in [5.74, 6) is -0.275. The van der Waals surface area contributed by atoms with E-state index in [1.54, 1.807) is 6.07 Å². The number of ether oxygens (including phenoxy) is 1. The van der Waals surface area contributed by atoms with Gasteiger partial charge < -0.3 is 24.4 Å². The van der Waals surface area contributed by atoms with E-state index >= 15 is 0 Å². The number of nitrogens with one attached hydrogen (secondary N) is 1. The van der Waals surface area contributed by atoms with Crippen LogP contribution in [0.15, 0.2) is 48.8 Å².